The molecule has 3 aromatic rings. The number of aromatic nitrogens is 2. The Morgan fingerprint density at radius 3 is 2.67 bits per heavy atom. The number of carbonyl (C=O) groups is 1. The van der Waals surface area contributed by atoms with E-state index in [-0.39, 0.29) is 30.3 Å². The van der Waals surface area contributed by atoms with Gasteiger partial charge in [0.05, 0.1) is 23.5 Å². The lowest BCUT2D eigenvalue weighted by atomic mass is 10.1. The number of methoxy groups -OCH3 is 1. The number of anilines is 1. The Morgan fingerprint density at radius 1 is 1.17 bits per heavy atom. The monoisotopic (exact) mass is 439 g/mol. The van der Waals surface area contributed by atoms with E-state index in [0.29, 0.717) is 10.7 Å². The third-order valence-electron chi connectivity index (χ3n) is 3.99. The predicted octanol–water partition coefficient (Wildman–Crippen LogP) is 4.82. The van der Waals surface area contributed by atoms with E-state index in [1.807, 2.05) is 0 Å². The predicted molar refractivity (Wildman–Crippen MR) is 105 cm³/mol. The van der Waals surface area contributed by atoms with Crippen LogP contribution in [-0.2, 0) is 10.9 Å². The first-order chi connectivity index (χ1) is 14.3. The molecular weight excluding hydrogens is 423 g/mol. The number of amides is 1. The van der Waals surface area contributed by atoms with Crippen LogP contribution in [0.5, 0.6) is 5.75 Å². The van der Waals surface area contributed by atoms with Crippen molar-refractivity contribution in [1.82, 2.24) is 9.78 Å². The lowest BCUT2D eigenvalue weighted by Gasteiger charge is -2.15. The van der Waals surface area contributed by atoms with Crippen LogP contribution in [0.3, 0.4) is 0 Å². The van der Waals surface area contributed by atoms with Crippen LogP contribution in [0, 0.1) is 0 Å². The van der Waals surface area contributed by atoms with Crippen molar-refractivity contribution in [2.45, 2.75) is 6.18 Å². The fourth-order valence-electron chi connectivity index (χ4n) is 2.56. The third-order valence-corrected chi connectivity index (χ3v) is 4.23. The highest BCUT2D eigenvalue weighted by atomic mass is 35.5. The average Bonchev–Trinajstić information content (AvgIpc) is 3.19. The van der Waals surface area contributed by atoms with Gasteiger partial charge in [0.25, 0.3) is 5.91 Å². The van der Waals surface area contributed by atoms with Crippen LogP contribution < -0.4 is 10.1 Å². The van der Waals surface area contributed by atoms with Gasteiger partial charge in [0.15, 0.2) is 5.69 Å². The molecule has 0 saturated carbocycles. The number of ether oxygens (including phenoxy) is 2. The Hall–Kier alpha value is -3.04. The summed E-state index contributed by atoms with van der Waals surface area (Å²) in [7, 11) is 1.47. The van der Waals surface area contributed by atoms with Gasteiger partial charge in [-0.2, -0.15) is 18.3 Å². The van der Waals surface area contributed by atoms with Gasteiger partial charge in [-0.25, -0.2) is 4.68 Å². The second-order valence-electron chi connectivity index (χ2n) is 6.13. The van der Waals surface area contributed by atoms with Crippen molar-refractivity contribution in [3.63, 3.8) is 0 Å². The summed E-state index contributed by atoms with van der Waals surface area (Å²) < 4.78 is 51.0. The Labute approximate surface area is 175 Å². The molecule has 0 saturated heterocycles. The molecule has 0 aliphatic carbocycles. The zero-order valence-electron chi connectivity index (χ0n) is 15.7. The van der Waals surface area contributed by atoms with E-state index >= 15 is 0 Å². The standard InChI is InChI=1S/C20H17ClF3N3O3/c1-29-9-10-30-18-6-5-13(20(22,23)24)11-17(18)25-19(28)16-7-8-27(26-16)15-4-2-3-14(21)12-15/h2-8,11-12H,9-10H2,1H3,(H,25,28). The molecule has 0 radical (unpaired) electrons. The Morgan fingerprint density at radius 2 is 1.97 bits per heavy atom. The summed E-state index contributed by atoms with van der Waals surface area (Å²) in [6.45, 7) is 0.340. The fourth-order valence-corrected chi connectivity index (χ4v) is 2.74. The van der Waals surface area contributed by atoms with Crippen molar-refractivity contribution < 1.29 is 27.4 Å². The maximum atomic E-state index is 13.1. The number of hydrogen-bond donors (Lipinski definition) is 1. The molecule has 0 spiro atoms. The van der Waals surface area contributed by atoms with Crippen LogP contribution in [0.1, 0.15) is 16.1 Å². The second-order valence-corrected chi connectivity index (χ2v) is 6.57. The molecule has 0 aliphatic heterocycles. The summed E-state index contributed by atoms with van der Waals surface area (Å²) in [4.78, 5) is 12.6. The number of rotatable bonds is 7. The zero-order chi connectivity index (χ0) is 21.7. The van der Waals surface area contributed by atoms with Gasteiger partial charge in [0.1, 0.15) is 12.4 Å². The molecule has 3 rings (SSSR count). The molecule has 10 heteroatoms. The van der Waals surface area contributed by atoms with Crippen molar-refractivity contribution in [1.29, 1.82) is 0 Å². The van der Waals surface area contributed by atoms with Gasteiger partial charge in [0, 0.05) is 18.3 Å². The van der Waals surface area contributed by atoms with Gasteiger partial charge < -0.3 is 14.8 Å². The van der Waals surface area contributed by atoms with E-state index in [9.17, 15) is 18.0 Å². The SMILES string of the molecule is COCCOc1ccc(C(F)(F)F)cc1NC(=O)c1ccn(-c2cccc(Cl)c2)n1. The van der Waals surface area contributed by atoms with Gasteiger partial charge in [-0.15, -0.1) is 0 Å². The fraction of sp³-hybridized carbons (Fsp3) is 0.200. The zero-order valence-corrected chi connectivity index (χ0v) is 16.5. The van der Waals surface area contributed by atoms with E-state index in [4.69, 9.17) is 21.1 Å². The number of benzene rings is 2. The Balaban J connectivity index is 1.84. The molecule has 158 valence electrons. The topological polar surface area (TPSA) is 65.4 Å². The highest BCUT2D eigenvalue weighted by Crippen LogP contribution is 2.35. The normalized spacial score (nSPS) is 11.4. The minimum Gasteiger partial charge on any atom is -0.489 e. The maximum Gasteiger partial charge on any atom is 0.416 e. The minimum atomic E-state index is -4.57. The highest BCUT2D eigenvalue weighted by Gasteiger charge is 2.31. The van der Waals surface area contributed by atoms with Crippen molar-refractivity contribution in [3.05, 3.63) is 71.0 Å². The van der Waals surface area contributed by atoms with Crippen LogP contribution >= 0.6 is 11.6 Å². The molecule has 0 aliphatic rings. The maximum absolute atomic E-state index is 13.1. The molecule has 6 nitrogen and oxygen atoms in total. The number of halogens is 4. The lowest BCUT2D eigenvalue weighted by Crippen LogP contribution is -2.16. The van der Waals surface area contributed by atoms with E-state index in [1.165, 1.54) is 17.9 Å². The highest BCUT2D eigenvalue weighted by molar-refractivity contribution is 6.30. The number of nitrogens with one attached hydrogen (secondary N) is 1. The van der Waals surface area contributed by atoms with E-state index < -0.39 is 17.6 Å². The van der Waals surface area contributed by atoms with Gasteiger partial charge in [-0.1, -0.05) is 17.7 Å². The van der Waals surface area contributed by atoms with Crippen molar-refractivity contribution in [2.24, 2.45) is 0 Å². The molecule has 1 heterocycles. The van der Waals surface area contributed by atoms with Gasteiger partial charge in [-0.05, 0) is 42.5 Å². The smallest absolute Gasteiger partial charge is 0.416 e. The second kappa shape index (κ2) is 9.19. The summed E-state index contributed by atoms with van der Waals surface area (Å²) in [5, 5.41) is 7.09. The van der Waals surface area contributed by atoms with Gasteiger partial charge in [0.2, 0.25) is 0 Å². The first-order valence-electron chi connectivity index (χ1n) is 8.74. The molecule has 30 heavy (non-hydrogen) atoms. The lowest BCUT2D eigenvalue weighted by molar-refractivity contribution is -0.137. The molecule has 0 unspecified atom stereocenters. The molecule has 0 atom stereocenters. The molecule has 0 bridgehead atoms. The van der Waals surface area contributed by atoms with Crippen molar-refractivity contribution in [2.75, 3.05) is 25.6 Å². The van der Waals surface area contributed by atoms with Crippen LogP contribution in [-0.4, -0.2) is 36.0 Å². The molecule has 2 aromatic carbocycles. The van der Waals surface area contributed by atoms with Gasteiger partial charge >= 0.3 is 6.18 Å². The number of nitrogens with zero attached hydrogens (tertiary/aromatic N) is 2. The number of carbonyl (C=O) groups excluding carboxylic acids is 1. The number of hydrogen-bond acceptors (Lipinski definition) is 4. The quantitative estimate of drug-likeness (QED) is 0.536. The number of alkyl halides is 3. The Bertz CT molecular complexity index is 1040. The summed E-state index contributed by atoms with van der Waals surface area (Å²) in [6, 6.07) is 11.1. The van der Waals surface area contributed by atoms with Crippen LogP contribution in [0.2, 0.25) is 5.02 Å². The molecule has 1 aromatic heterocycles. The summed E-state index contributed by atoms with van der Waals surface area (Å²) in [5.74, 6) is -0.602. The van der Waals surface area contributed by atoms with E-state index in [2.05, 4.69) is 10.4 Å². The minimum absolute atomic E-state index is 0.00947. The Kier molecular flexibility index (Phi) is 6.63. The molecule has 1 N–H and O–H groups in total. The molecule has 1 amide bonds. The largest absolute Gasteiger partial charge is 0.489 e. The summed E-state index contributed by atoms with van der Waals surface area (Å²) in [5.41, 5.74) is -0.399. The summed E-state index contributed by atoms with van der Waals surface area (Å²) in [6.07, 6.45) is -3.03. The van der Waals surface area contributed by atoms with Crippen molar-refractivity contribution in [3.8, 4) is 11.4 Å². The molecular formula is C20H17ClF3N3O3. The molecule has 0 fully saturated rings. The van der Waals surface area contributed by atoms with Crippen LogP contribution in [0.15, 0.2) is 54.7 Å². The summed E-state index contributed by atoms with van der Waals surface area (Å²) >= 11 is 5.96. The van der Waals surface area contributed by atoms with E-state index in [0.717, 1.165) is 18.2 Å². The first kappa shape index (κ1) is 21.7. The van der Waals surface area contributed by atoms with Crippen LogP contribution in [0.25, 0.3) is 5.69 Å². The average molecular weight is 440 g/mol. The van der Waals surface area contributed by atoms with Crippen molar-refractivity contribution >= 4 is 23.2 Å². The van der Waals surface area contributed by atoms with E-state index in [1.54, 1.807) is 30.5 Å². The third kappa shape index (κ3) is 5.31. The van der Waals surface area contributed by atoms with Gasteiger partial charge in [-0.3, -0.25) is 4.79 Å². The first-order valence-corrected chi connectivity index (χ1v) is 9.11. The van der Waals surface area contributed by atoms with Crippen LogP contribution in [0.4, 0.5) is 18.9 Å².